The average Bonchev–Trinajstić information content (AvgIpc) is 2.96. The van der Waals surface area contributed by atoms with Gasteiger partial charge in [0.15, 0.2) is 0 Å². The summed E-state index contributed by atoms with van der Waals surface area (Å²) in [5, 5.41) is 5.37. The quantitative estimate of drug-likeness (QED) is 0.231. The van der Waals surface area contributed by atoms with E-state index >= 15 is 0 Å². The van der Waals surface area contributed by atoms with Crippen LogP contribution in [0.1, 0.15) is 21.2 Å². The fraction of sp³-hybridized carbons (Fsp3) is 0.133. The third-order valence-electron chi connectivity index (χ3n) is 5.68. The molecule has 7 nitrogen and oxygen atoms in total. The van der Waals surface area contributed by atoms with Gasteiger partial charge in [0.1, 0.15) is 28.1 Å². The second kappa shape index (κ2) is 12.7. The standard InChI is InChI=1S/C30H28N2O5S/c1-35-23-14-7-12-21(18-23)32-30(34)28(20-10-5-4-6-11-20)38-24-15-8-13-22(19-24)31-29(33)27-25(36-2)16-9-17-26(27)37-3/h4-19,28H,1-3H3,(H,31,33)(H,32,34). The van der Waals surface area contributed by atoms with Gasteiger partial charge >= 0.3 is 0 Å². The number of amides is 2. The van der Waals surface area contributed by atoms with E-state index in [2.05, 4.69) is 10.6 Å². The topological polar surface area (TPSA) is 85.9 Å². The van der Waals surface area contributed by atoms with Crippen LogP contribution in [-0.2, 0) is 4.79 Å². The zero-order valence-corrected chi connectivity index (χ0v) is 22.1. The average molecular weight is 529 g/mol. The molecule has 2 amide bonds. The summed E-state index contributed by atoms with van der Waals surface area (Å²) in [6.45, 7) is 0. The Morgan fingerprint density at radius 3 is 1.97 bits per heavy atom. The van der Waals surface area contributed by atoms with Crippen molar-refractivity contribution in [3.05, 3.63) is 108 Å². The lowest BCUT2D eigenvalue weighted by atomic mass is 10.1. The molecule has 2 N–H and O–H groups in total. The van der Waals surface area contributed by atoms with E-state index in [1.807, 2.05) is 66.7 Å². The predicted octanol–water partition coefficient (Wildman–Crippen LogP) is 6.44. The smallest absolute Gasteiger partial charge is 0.263 e. The Bertz CT molecular complexity index is 1390. The molecule has 0 heterocycles. The van der Waals surface area contributed by atoms with Crippen LogP contribution in [0.25, 0.3) is 0 Å². The van der Waals surface area contributed by atoms with E-state index in [-0.39, 0.29) is 11.8 Å². The molecular weight excluding hydrogens is 500 g/mol. The van der Waals surface area contributed by atoms with Crippen LogP contribution in [-0.4, -0.2) is 33.1 Å². The summed E-state index contributed by atoms with van der Waals surface area (Å²) in [6.07, 6.45) is 0. The van der Waals surface area contributed by atoms with E-state index in [0.29, 0.717) is 34.2 Å². The van der Waals surface area contributed by atoms with Gasteiger partial charge < -0.3 is 24.8 Å². The van der Waals surface area contributed by atoms with Crippen molar-refractivity contribution >= 4 is 35.0 Å². The van der Waals surface area contributed by atoms with Crippen molar-refractivity contribution in [3.8, 4) is 17.2 Å². The van der Waals surface area contributed by atoms with Crippen LogP contribution in [0, 0.1) is 0 Å². The first-order chi connectivity index (χ1) is 18.5. The first-order valence-corrected chi connectivity index (χ1v) is 12.7. The SMILES string of the molecule is COc1cccc(NC(=O)C(Sc2cccc(NC(=O)c3c(OC)cccc3OC)c2)c2ccccc2)c1. The Morgan fingerprint density at radius 1 is 0.684 bits per heavy atom. The number of carbonyl (C=O) groups excluding carboxylic acids is 2. The molecule has 0 fully saturated rings. The molecule has 1 atom stereocenters. The number of benzene rings is 4. The number of hydrogen-bond donors (Lipinski definition) is 2. The van der Waals surface area contributed by atoms with Crippen molar-refractivity contribution in [1.29, 1.82) is 0 Å². The minimum atomic E-state index is -0.539. The van der Waals surface area contributed by atoms with E-state index in [4.69, 9.17) is 14.2 Å². The lowest BCUT2D eigenvalue weighted by molar-refractivity contribution is -0.115. The van der Waals surface area contributed by atoms with Crippen molar-refractivity contribution in [3.63, 3.8) is 0 Å². The molecule has 8 heteroatoms. The Morgan fingerprint density at radius 2 is 1.32 bits per heavy atom. The molecule has 0 spiro atoms. The monoisotopic (exact) mass is 528 g/mol. The number of rotatable bonds is 10. The second-order valence-electron chi connectivity index (χ2n) is 8.15. The zero-order valence-electron chi connectivity index (χ0n) is 21.3. The van der Waals surface area contributed by atoms with Gasteiger partial charge in [-0.15, -0.1) is 11.8 Å². The summed E-state index contributed by atoms with van der Waals surface area (Å²) in [5.74, 6) is 0.929. The fourth-order valence-electron chi connectivity index (χ4n) is 3.86. The van der Waals surface area contributed by atoms with Crippen LogP contribution < -0.4 is 24.8 Å². The van der Waals surface area contributed by atoms with Crippen LogP contribution >= 0.6 is 11.8 Å². The van der Waals surface area contributed by atoms with E-state index in [0.717, 1.165) is 10.5 Å². The zero-order chi connectivity index (χ0) is 26.9. The van der Waals surface area contributed by atoms with Crippen molar-refractivity contribution in [2.24, 2.45) is 0 Å². The highest BCUT2D eigenvalue weighted by Gasteiger charge is 2.23. The molecule has 0 radical (unpaired) electrons. The molecule has 0 aliphatic rings. The maximum atomic E-state index is 13.4. The van der Waals surface area contributed by atoms with Crippen LogP contribution in [0.4, 0.5) is 11.4 Å². The normalized spacial score (nSPS) is 11.2. The molecule has 0 bridgehead atoms. The van der Waals surface area contributed by atoms with Crippen molar-refractivity contribution < 1.29 is 23.8 Å². The number of nitrogens with one attached hydrogen (secondary N) is 2. The third-order valence-corrected chi connectivity index (χ3v) is 6.93. The second-order valence-corrected chi connectivity index (χ2v) is 9.33. The Balaban J connectivity index is 1.57. The van der Waals surface area contributed by atoms with Crippen molar-refractivity contribution in [1.82, 2.24) is 0 Å². The molecule has 0 aromatic heterocycles. The highest BCUT2D eigenvalue weighted by atomic mass is 32.2. The summed E-state index contributed by atoms with van der Waals surface area (Å²) in [7, 11) is 4.59. The van der Waals surface area contributed by atoms with E-state index in [1.165, 1.54) is 26.0 Å². The molecule has 194 valence electrons. The summed E-state index contributed by atoms with van der Waals surface area (Å²) < 4.78 is 16.0. The summed E-state index contributed by atoms with van der Waals surface area (Å²) in [4.78, 5) is 27.4. The first-order valence-electron chi connectivity index (χ1n) is 11.8. The molecule has 38 heavy (non-hydrogen) atoms. The van der Waals surface area contributed by atoms with Gasteiger partial charge in [0.25, 0.3) is 5.91 Å². The first kappa shape index (κ1) is 26.6. The van der Waals surface area contributed by atoms with Gasteiger partial charge in [0.2, 0.25) is 5.91 Å². The summed E-state index contributed by atoms with van der Waals surface area (Å²) >= 11 is 1.39. The van der Waals surface area contributed by atoms with Crippen LogP contribution in [0.3, 0.4) is 0 Å². The van der Waals surface area contributed by atoms with Crippen LogP contribution in [0.2, 0.25) is 0 Å². The van der Waals surface area contributed by atoms with Gasteiger partial charge in [0, 0.05) is 22.3 Å². The lowest BCUT2D eigenvalue weighted by Crippen LogP contribution is -2.19. The summed E-state index contributed by atoms with van der Waals surface area (Å²) in [5.41, 5.74) is 2.37. The molecule has 0 saturated heterocycles. The number of methoxy groups -OCH3 is 3. The van der Waals surface area contributed by atoms with Crippen molar-refractivity contribution in [2.75, 3.05) is 32.0 Å². The number of anilines is 2. The van der Waals surface area contributed by atoms with Gasteiger partial charge in [-0.1, -0.05) is 48.5 Å². The van der Waals surface area contributed by atoms with Gasteiger partial charge in [-0.3, -0.25) is 9.59 Å². The highest BCUT2D eigenvalue weighted by Crippen LogP contribution is 2.38. The molecule has 1 unspecified atom stereocenters. The Hall–Kier alpha value is -4.43. The molecule has 4 aromatic rings. The molecule has 0 aliphatic carbocycles. The Labute approximate surface area is 226 Å². The van der Waals surface area contributed by atoms with Gasteiger partial charge in [-0.25, -0.2) is 0 Å². The maximum Gasteiger partial charge on any atom is 0.263 e. The van der Waals surface area contributed by atoms with Crippen LogP contribution in [0.5, 0.6) is 17.2 Å². The minimum Gasteiger partial charge on any atom is -0.497 e. The maximum absolute atomic E-state index is 13.4. The van der Waals surface area contributed by atoms with E-state index in [9.17, 15) is 9.59 Å². The molecule has 0 saturated carbocycles. The van der Waals surface area contributed by atoms with E-state index < -0.39 is 5.25 Å². The van der Waals surface area contributed by atoms with Gasteiger partial charge in [-0.2, -0.15) is 0 Å². The predicted molar refractivity (Wildman–Crippen MR) is 151 cm³/mol. The van der Waals surface area contributed by atoms with Gasteiger partial charge in [-0.05, 0) is 48.0 Å². The largest absolute Gasteiger partial charge is 0.497 e. The van der Waals surface area contributed by atoms with Gasteiger partial charge in [0.05, 0.1) is 21.3 Å². The molecular formula is C30H28N2O5S. The molecule has 4 aromatic carbocycles. The number of carbonyl (C=O) groups is 2. The third kappa shape index (κ3) is 6.46. The minimum absolute atomic E-state index is 0.178. The van der Waals surface area contributed by atoms with E-state index in [1.54, 1.807) is 37.4 Å². The summed E-state index contributed by atoms with van der Waals surface area (Å²) in [6, 6.07) is 29.3. The molecule has 0 aliphatic heterocycles. The molecule has 4 rings (SSSR count). The highest BCUT2D eigenvalue weighted by molar-refractivity contribution is 8.00. The number of thioether (sulfide) groups is 1. The number of ether oxygens (including phenoxy) is 3. The lowest BCUT2D eigenvalue weighted by Gasteiger charge is -2.18. The fourth-order valence-corrected chi connectivity index (χ4v) is 4.94. The van der Waals surface area contributed by atoms with Crippen molar-refractivity contribution in [2.45, 2.75) is 10.1 Å². The Kier molecular flexibility index (Phi) is 8.89. The number of hydrogen-bond acceptors (Lipinski definition) is 6. The van der Waals surface area contributed by atoms with Crippen LogP contribution in [0.15, 0.2) is 102 Å².